The summed E-state index contributed by atoms with van der Waals surface area (Å²) in [6.07, 6.45) is -0.654. The average Bonchev–Trinajstić information content (AvgIpc) is 3.64. The van der Waals surface area contributed by atoms with E-state index in [1.807, 2.05) is 44.2 Å². The number of nitrogens with one attached hydrogen (secondary N) is 1. The Hall–Kier alpha value is -3.43. The first-order valence-corrected chi connectivity index (χ1v) is 16.7. The van der Waals surface area contributed by atoms with Crippen LogP contribution in [-0.4, -0.2) is 71.1 Å². The molecule has 0 fully saturated rings. The van der Waals surface area contributed by atoms with Crippen LogP contribution in [0, 0.1) is 11.8 Å². The summed E-state index contributed by atoms with van der Waals surface area (Å²) in [7, 11) is -2.49. The van der Waals surface area contributed by atoms with E-state index in [1.54, 1.807) is 24.8 Å². The Morgan fingerprint density at radius 1 is 1.09 bits per heavy atom. The molecule has 3 atom stereocenters. The van der Waals surface area contributed by atoms with Crippen molar-refractivity contribution < 1.29 is 28.2 Å². The predicted molar refractivity (Wildman–Crippen MR) is 168 cm³/mol. The fraction of sp³-hybridized carbons (Fsp3) is 0.379. The molecular weight excluding hydrogens is 611 g/mol. The molecule has 0 radical (unpaired) electrons. The lowest BCUT2D eigenvalue weighted by molar-refractivity contribution is -0.116. The van der Waals surface area contributed by atoms with Crippen molar-refractivity contribution in [1.29, 1.82) is 0 Å². The van der Waals surface area contributed by atoms with Crippen LogP contribution in [0.3, 0.4) is 0 Å². The molecule has 3 N–H and O–H groups in total. The molecule has 14 heteroatoms. The third-order valence-electron chi connectivity index (χ3n) is 6.98. The minimum absolute atomic E-state index is 0.0378. The lowest BCUT2D eigenvalue weighted by Gasteiger charge is -2.34. The third-order valence-corrected chi connectivity index (χ3v) is 10.8. The van der Waals surface area contributed by atoms with Gasteiger partial charge >= 0.3 is 6.09 Å². The Bertz CT molecular complexity index is 1640. The van der Waals surface area contributed by atoms with E-state index in [4.69, 9.17) is 0 Å². The maximum Gasteiger partial charge on any atom is 0.405 e. The number of amides is 2. The summed E-state index contributed by atoms with van der Waals surface area (Å²) in [5.74, 6) is -0.965. The van der Waals surface area contributed by atoms with Crippen LogP contribution in [0.25, 0.3) is 10.2 Å². The van der Waals surface area contributed by atoms with E-state index >= 15 is 0 Å². The van der Waals surface area contributed by atoms with Gasteiger partial charge in [0.1, 0.15) is 0 Å². The number of sulfonamides is 1. The molecule has 0 spiro atoms. The van der Waals surface area contributed by atoms with Crippen molar-refractivity contribution in [3.05, 3.63) is 70.7 Å². The number of anilines is 1. The molecule has 3 unspecified atom stereocenters. The summed E-state index contributed by atoms with van der Waals surface area (Å²) < 4.78 is 30.0. The molecule has 0 aliphatic rings. The number of fused-ring (bicyclic) bond motifs is 1. The summed E-state index contributed by atoms with van der Waals surface area (Å²) in [6, 6.07) is 13.1. The first-order chi connectivity index (χ1) is 20.4. The predicted octanol–water partition coefficient (Wildman–Crippen LogP) is 4.61. The van der Waals surface area contributed by atoms with E-state index in [0.29, 0.717) is 26.6 Å². The number of carbonyl (C=O) groups excluding carboxylic acids is 1. The van der Waals surface area contributed by atoms with Crippen LogP contribution in [0.5, 0.6) is 0 Å². The number of hydrogen-bond donors (Lipinski definition) is 3. The van der Waals surface area contributed by atoms with E-state index < -0.39 is 34.2 Å². The second-order valence-electron chi connectivity index (χ2n) is 10.7. The van der Waals surface area contributed by atoms with Gasteiger partial charge in [-0.25, -0.2) is 18.2 Å². The molecule has 4 rings (SSSR count). The van der Waals surface area contributed by atoms with Gasteiger partial charge < -0.3 is 15.5 Å². The number of rotatable bonds is 13. The van der Waals surface area contributed by atoms with Gasteiger partial charge in [0.15, 0.2) is 5.13 Å². The summed E-state index contributed by atoms with van der Waals surface area (Å²) >= 11 is 2.47. The number of carboxylic acid groups (broad SMARTS) is 1. The van der Waals surface area contributed by atoms with E-state index in [9.17, 15) is 28.2 Å². The lowest BCUT2D eigenvalue weighted by Crippen LogP contribution is -2.46. The number of aliphatic hydroxyl groups excluding tert-OH is 1. The fourth-order valence-electron chi connectivity index (χ4n) is 4.77. The van der Waals surface area contributed by atoms with Crippen LogP contribution in [0.4, 0.5) is 9.93 Å². The number of thiazole rings is 2. The van der Waals surface area contributed by atoms with Gasteiger partial charge in [-0.1, -0.05) is 55.5 Å². The van der Waals surface area contributed by atoms with Gasteiger partial charge in [0.05, 0.1) is 32.8 Å². The molecule has 230 valence electrons. The SMILES string of the molecule is CC(=O)N(C)c1nc2ccc(S(=O)(=O)N(CC(C)C)CC(O)C(Cc3ccccc3)C(NC(=O)O)c3cncs3)cc2s1. The van der Waals surface area contributed by atoms with Gasteiger partial charge in [-0.3, -0.25) is 14.7 Å². The van der Waals surface area contributed by atoms with Crippen molar-refractivity contribution in [2.24, 2.45) is 11.8 Å². The van der Waals surface area contributed by atoms with E-state index in [1.165, 1.54) is 50.9 Å². The molecule has 4 aromatic rings. The summed E-state index contributed by atoms with van der Waals surface area (Å²) in [5.41, 5.74) is 3.02. The highest BCUT2D eigenvalue weighted by atomic mass is 32.2. The van der Waals surface area contributed by atoms with Crippen molar-refractivity contribution in [2.75, 3.05) is 25.0 Å². The summed E-state index contributed by atoms with van der Waals surface area (Å²) in [6.45, 7) is 5.08. The van der Waals surface area contributed by atoms with Crippen molar-refractivity contribution in [3.8, 4) is 0 Å². The smallest absolute Gasteiger partial charge is 0.405 e. The number of aliphatic hydroxyl groups is 1. The Kier molecular flexibility index (Phi) is 10.5. The monoisotopic (exact) mass is 645 g/mol. The zero-order chi connectivity index (χ0) is 31.3. The number of carbonyl (C=O) groups is 2. The second kappa shape index (κ2) is 13.9. The van der Waals surface area contributed by atoms with Gasteiger partial charge in [-0.2, -0.15) is 4.31 Å². The number of nitrogens with zero attached hydrogens (tertiary/aromatic N) is 4. The van der Waals surface area contributed by atoms with E-state index in [2.05, 4.69) is 15.3 Å². The Labute approximate surface area is 258 Å². The Balaban J connectivity index is 1.70. The van der Waals surface area contributed by atoms with Crippen LogP contribution in [0.15, 0.2) is 65.1 Å². The number of hydrogen-bond acceptors (Lipinski definition) is 9. The Morgan fingerprint density at radius 2 is 1.81 bits per heavy atom. The maximum absolute atomic E-state index is 14.1. The topological polar surface area (TPSA) is 153 Å². The highest BCUT2D eigenvalue weighted by molar-refractivity contribution is 7.89. The van der Waals surface area contributed by atoms with Gasteiger partial charge in [-0.05, 0) is 36.1 Å². The van der Waals surface area contributed by atoms with E-state index in [0.717, 1.165) is 5.56 Å². The highest BCUT2D eigenvalue weighted by Gasteiger charge is 2.36. The normalized spacial score (nSPS) is 14.1. The fourth-order valence-corrected chi connectivity index (χ4v) is 8.24. The van der Waals surface area contributed by atoms with Gasteiger partial charge in [0.2, 0.25) is 15.9 Å². The summed E-state index contributed by atoms with van der Waals surface area (Å²) in [4.78, 5) is 34.3. The number of aromatic nitrogens is 2. The van der Waals surface area contributed by atoms with Crippen LogP contribution >= 0.6 is 22.7 Å². The Morgan fingerprint density at radius 3 is 2.42 bits per heavy atom. The first kappa shape index (κ1) is 32.5. The molecule has 43 heavy (non-hydrogen) atoms. The third kappa shape index (κ3) is 7.95. The molecule has 2 heterocycles. The molecule has 0 aliphatic carbocycles. The zero-order valence-electron chi connectivity index (χ0n) is 24.2. The van der Waals surface area contributed by atoms with Crippen molar-refractivity contribution in [1.82, 2.24) is 19.6 Å². The molecule has 2 amide bonds. The van der Waals surface area contributed by atoms with E-state index in [-0.39, 0.29) is 29.8 Å². The minimum atomic E-state index is -4.09. The van der Waals surface area contributed by atoms with Gasteiger partial charge in [-0.15, -0.1) is 11.3 Å². The van der Waals surface area contributed by atoms with Crippen LogP contribution in [0.2, 0.25) is 0 Å². The van der Waals surface area contributed by atoms with Crippen molar-refractivity contribution >= 4 is 60.0 Å². The molecule has 0 saturated carbocycles. The molecule has 0 aliphatic heterocycles. The van der Waals surface area contributed by atoms with Gasteiger partial charge in [0.25, 0.3) is 0 Å². The summed E-state index contributed by atoms with van der Waals surface area (Å²) in [5, 5.41) is 24.4. The maximum atomic E-state index is 14.1. The largest absolute Gasteiger partial charge is 0.465 e. The quantitative estimate of drug-likeness (QED) is 0.191. The lowest BCUT2D eigenvalue weighted by atomic mass is 9.86. The van der Waals surface area contributed by atoms with Crippen LogP contribution < -0.4 is 10.2 Å². The van der Waals surface area contributed by atoms with Crippen molar-refractivity contribution in [2.45, 2.75) is 44.2 Å². The second-order valence-corrected chi connectivity index (χ2v) is 14.5. The van der Waals surface area contributed by atoms with Crippen LogP contribution in [0.1, 0.15) is 37.3 Å². The molecular formula is C29H35N5O6S3. The molecule has 2 aromatic carbocycles. The molecule has 11 nitrogen and oxygen atoms in total. The molecule has 0 bridgehead atoms. The van der Waals surface area contributed by atoms with Gasteiger partial charge in [0, 0.05) is 44.1 Å². The standard InChI is InChI=1S/C29H35N5O6S3/c1-18(2)15-34(43(39,40)21-10-11-23-25(13-21)42-28(31-23)33(4)19(3)35)16-24(36)22(12-20-8-6-5-7-9-20)27(32-29(37)38)26-14-30-17-41-26/h5-11,13-14,17-18,22,24,27,32,36H,12,15-16H2,1-4H3,(H,37,38). The number of benzene rings is 2. The zero-order valence-corrected chi connectivity index (χ0v) is 26.7. The average molecular weight is 646 g/mol. The van der Waals surface area contributed by atoms with Crippen molar-refractivity contribution in [3.63, 3.8) is 0 Å². The molecule has 0 saturated heterocycles. The highest BCUT2D eigenvalue weighted by Crippen LogP contribution is 2.34. The first-order valence-electron chi connectivity index (χ1n) is 13.6. The minimum Gasteiger partial charge on any atom is -0.465 e. The van der Waals surface area contributed by atoms with Crippen LogP contribution in [-0.2, 0) is 21.2 Å². The molecule has 2 aromatic heterocycles.